The third kappa shape index (κ3) is 4.89. The molecule has 1 aromatic rings. The standard InChI is InChI=1S/C17H23N3O3/c1-3-10-23-16-6-9-20(17(22)12-19-13(2)21)15(16)11-14-4-7-18-8-5-14/h3-5,7-8,15-16H,1,6,9-12H2,2H3,(H,19,21)/t15-,16-/m1/s1. The second-order valence-electron chi connectivity index (χ2n) is 5.57. The number of rotatable bonds is 7. The maximum atomic E-state index is 12.4. The first kappa shape index (κ1) is 17.1. The topological polar surface area (TPSA) is 71.5 Å². The number of nitrogens with one attached hydrogen (secondary N) is 1. The molecule has 23 heavy (non-hydrogen) atoms. The summed E-state index contributed by atoms with van der Waals surface area (Å²) in [6, 6.07) is 3.84. The van der Waals surface area contributed by atoms with Crippen molar-refractivity contribution in [2.75, 3.05) is 19.7 Å². The van der Waals surface area contributed by atoms with Crippen LogP contribution in [0.25, 0.3) is 0 Å². The van der Waals surface area contributed by atoms with Gasteiger partial charge in [-0.25, -0.2) is 0 Å². The number of carbonyl (C=O) groups excluding carboxylic acids is 2. The lowest BCUT2D eigenvalue weighted by Crippen LogP contribution is -2.46. The van der Waals surface area contributed by atoms with Gasteiger partial charge in [-0.1, -0.05) is 6.08 Å². The first-order valence-electron chi connectivity index (χ1n) is 7.77. The summed E-state index contributed by atoms with van der Waals surface area (Å²) in [4.78, 5) is 29.2. The molecular formula is C17H23N3O3. The van der Waals surface area contributed by atoms with E-state index < -0.39 is 0 Å². The van der Waals surface area contributed by atoms with E-state index in [0.717, 1.165) is 12.0 Å². The molecule has 1 saturated heterocycles. The van der Waals surface area contributed by atoms with Crippen molar-refractivity contribution < 1.29 is 14.3 Å². The molecule has 2 amide bonds. The molecule has 6 heteroatoms. The SMILES string of the molecule is C=CCO[C@@H]1CCN(C(=O)CNC(C)=O)[C@@H]1Cc1ccncc1. The summed E-state index contributed by atoms with van der Waals surface area (Å²) in [5, 5.41) is 2.57. The highest BCUT2D eigenvalue weighted by molar-refractivity contribution is 5.84. The van der Waals surface area contributed by atoms with Crippen molar-refractivity contribution >= 4 is 11.8 Å². The number of ether oxygens (including phenoxy) is 1. The average molecular weight is 317 g/mol. The summed E-state index contributed by atoms with van der Waals surface area (Å²) in [6.45, 7) is 6.20. The molecule has 1 aliphatic heterocycles. The zero-order valence-corrected chi connectivity index (χ0v) is 13.4. The van der Waals surface area contributed by atoms with Crippen molar-refractivity contribution in [3.8, 4) is 0 Å². The molecule has 0 spiro atoms. The maximum absolute atomic E-state index is 12.4. The Kier molecular flexibility index (Phi) is 6.29. The number of carbonyl (C=O) groups is 2. The van der Waals surface area contributed by atoms with Gasteiger partial charge in [0.05, 0.1) is 25.3 Å². The summed E-state index contributed by atoms with van der Waals surface area (Å²) in [6.07, 6.45) is 6.67. The third-order valence-corrected chi connectivity index (χ3v) is 3.92. The van der Waals surface area contributed by atoms with Crippen LogP contribution in [0.3, 0.4) is 0 Å². The van der Waals surface area contributed by atoms with Crippen molar-refractivity contribution in [1.82, 2.24) is 15.2 Å². The fourth-order valence-electron chi connectivity index (χ4n) is 2.82. The van der Waals surface area contributed by atoms with Crippen LogP contribution in [0.1, 0.15) is 18.9 Å². The van der Waals surface area contributed by atoms with Crippen LogP contribution in [0.2, 0.25) is 0 Å². The predicted molar refractivity (Wildman–Crippen MR) is 86.7 cm³/mol. The van der Waals surface area contributed by atoms with Gasteiger partial charge in [-0.3, -0.25) is 14.6 Å². The van der Waals surface area contributed by atoms with Crippen LogP contribution >= 0.6 is 0 Å². The molecule has 2 heterocycles. The molecule has 6 nitrogen and oxygen atoms in total. The maximum Gasteiger partial charge on any atom is 0.242 e. The van der Waals surface area contributed by atoms with E-state index >= 15 is 0 Å². The van der Waals surface area contributed by atoms with E-state index in [2.05, 4.69) is 16.9 Å². The molecule has 1 N–H and O–H groups in total. The van der Waals surface area contributed by atoms with Gasteiger partial charge in [-0.15, -0.1) is 6.58 Å². The zero-order chi connectivity index (χ0) is 16.7. The molecule has 0 aliphatic carbocycles. The van der Waals surface area contributed by atoms with Crippen LogP contribution in [0.5, 0.6) is 0 Å². The quantitative estimate of drug-likeness (QED) is 0.760. The molecule has 0 radical (unpaired) electrons. The minimum atomic E-state index is -0.206. The van der Waals surface area contributed by atoms with Crippen molar-refractivity contribution in [3.05, 3.63) is 42.7 Å². The molecule has 0 unspecified atom stereocenters. The zero-order valence-electron chi connectivity index (χ0n) is 13.4. The Labute approximate surface area is 136 Å². The van der Waals surface area contributed by atoms with Crippen LogP contribution in [0.4, 0.5) is 0 Å². The van der Waals surface area contributed by atoms with Gasteiger partial charge in [0.15, 0.2) is 0 Å². The van der Waals surface area contributed by atoms with Gasteiger partial charge in [0.25, 0.3) is 0 Å². The van der Waals surface area contributed by atoms with E-state index in [1.165, 1.54) is 6.92 Å². The Balaban J connectivity index is 2.07. The van der Waals surface area contributed by atoms with Gasteiger partial charge in [-0.05, 0) is 30.5 Å². The molecule has 1 aliphatic rings. The molecule has 0 bridgehead atoms. The third-order valence-electron chi connectivity index (χ3n) is 3.92. The van der Waals surface area contributed by atoms with E-state index in [1.807, 2.05) is 17.0 Å². The normalized spacial score (nSPS) is 20.3. The lowest BCUT2D eigenvalue weighted by atomic mass is 10.0. The molecule has 1 aromatic heterocycles. The van der Waals surface area contributed by atoms with Gasteiger partial charge in [0.2, 0.25) is 11.8 Å². The Morgan fingerprint density at radius 3 is 2.87 bits per heavy atom. The fourth-order valence-corrected chi connectivity index (χ4v) is 2.82. The Bertz CT molecular complexity index is 547. The number of pyridine rings is 1. The van der Waals surface area contributed by atoms with Gasteiger partial charge >= 0.3 is 0 Å². The van der Waals surface area contributed by atoms with Gasteiger partial charge in [0.1, 0.15) is 0 Å². The van der Waals surface area contributed by atoms with Crippen LogP contribution in [-0.4, -0.2) is 53.5 Å². The van der Waals surface area contributed by atoms with Gasteiger partial charge in [0, 0.05) is 25.9 Å². The van der Waals surface area contributed by atoms with Gasteiger partial charge < -0.3 is 15.0 Å². The number of likely N-dealkylation sites (tertiary alicyclic amines) is 1. The van der Waals surface area contributed by atoms with Crippen molar-refractivity contribution in [1.29, 1.82) is 0 Å². The molecule has 2 atom stereocenters. The van der Waals surface area contributed by atoms with E-state index in [1.54, 1.807) is 18.5 Å². The van der Waals surface area contributed by atoms with Crippen LogP contribution in [0, 0.1) is 0 Å². The second kappa shape index (κ2) is 8.43. The lowest BCUT2D eigenvalue weighted by Gasteiger charge is -2.28. The minimum Gasteiger partial charge on any atom is -0.372 e. The number of hydrogen-bond donors (Lipinski definition) is 1. The summed E-state index contributed by atoms with van der Waals surface area (Å²) in [7, 11) is 0. The Morgan fingerprint density at radius 1 is 1.48 bits per heavy atom. The van der Waals surface area contributed by atoms with Crippen LogP contribution in [0.15, 0.2) is 37.2 Å². The van der Waals surface area contributed by atoms with E-state index in [-0.39, 0.29) is 30.5 Å². The number of aromatic nitrogens is 1. The highest BCUT2D eigenvalue weighted by atomic mass is 16.5. The summed E-state index contributed by atoms with van der Waals surface area (Å²) in [5.41, 5.74) is 1.11. The van der Waals surface area contributed by atoms with Gasteiger partial charge in [-0.2, -0.15) is 0 Å². The van der Waals surface area contributed by atoms with E-state index in [9.17, 15) is 9.59 Å². The number of hydrogen-bond acceptors (Lipinski definition) is 4. The first-order valence-corrected chi connectivity index (χ1v) is 7.77. The molecule has 1 fully saturated rings. The molecule has 124 valence electrons. The predicted octanol–water partition coefficient (Wildman–Crippen LogP) is 0.932. The Morgan fingerprint density at radius 2 is 2.22 bits per heavy atom. The molecule has 0 saturated carbocycles. The molecule has 0 aromatic carbocycles. The lowest BCUT2D eigenvalue weighted by molar-refractivity contribution is -0.134. The van der Waals surface area contributed by atoms with E-state index in [0.29, 0.717) is 19.6 Å². The van der Waals surface area contributed by atoms with E-state index in [4.69, 9.17) is 4.74 Å². The van der Waals surface area contributed by atoms with Crippen molar-refractivity contribution in [2.24, 2.45) is 0 Å². The summed E-state index contributed by atoms with van der Waals surface area (Å²) < 4.78 is 5.83. The number of amides is 2. The Hall–Kier alpha value is -2.21. The van der Waals surface area contributed by atoms with Crippen molar-refractivity contribution in [3.63, 3.8) is 0 Å². The largest absolute Gasteiger partial charge is 0.372 e. The fraction of sp³-hybridized carbons (Fsp3) is 0.471. The summed E-state index contributed by atoms with van der Waals surface area (Å²) in [5.74, 6) is -0.286. The minimum absolute atomic E-state index is 0.0242. The second-order valence-corrected chi connectivity index (χ2v) is 5.57. The monoisotopic (exact) mass is 317 g/mol. The van der Waals surface area contributed by atoms with Crippen LogP contribution in [-0.2, 0) is 20.7 Å². The van der Waals surface area contributed by atoms with Crippen LogP contribution < -0.4 is 5.32 Å². The average Bonchev–Trinajstić information content (AvgIpc) is 2.94. The summed E-state index contributed by atoms with van der Waals surface area (Å²) >= 11 is 0. The number of nitrogens with zero attached hydrogens (tertiary/aromatic N) is 2. The molecular weight excluding hydrogens is 294 g/mol. The first-order chi connectivity index (χ1) is 11.1. The smallest absolute Gasteiger partial charge is 0.242 e. The molecule has 2 rings (SSSR count). The highest BCUT2D eigenvalue weighted by Crippen LogP contribution is 2.24. The van der Waals surface area contributed by atoms with Crippen molar-refractivity contribution in [2.45, 2.75) is 31.9 Å². The highest BCUT2D eigenvalue weighted by Gasteiger charge is 2.37.